The molecule has 0 aromatic carbocycles. The molecule has 220 valence electrons. The predicted octanol–water partition coefficient (Wildman–Crippen LogP) is 2.06. The standard InChI is InChI=1S/C29H34N8O4S/c1-17-27(42-22-4-8-32-26-23(22)41-16-18-14-36(11-12-38)28(40)37(18)26)34-21(15-39)25(33-17)35-9-5-29(6-10-35)13-20-19(24(29)30)3-2-7-31-20/h2-4,7-8,18,24,38-39H,5-6,9-16,30H2,1H3/t18?,24-/m1/s1. The van der Waals surface area contributed by atoms with E-state index < -0.39 is 0 Å². The van der Waals surface area contributed by atoms with E-state index in [0.29, 0.717) is 41.3 Å². The van der Waals surface area contributed by atoms with Crippen LogP contribution in [0, 0.1) is 12.3 Å². The SMILES string of the molecule is Cc1nc(N2CCC3(CC2)Cc2ncccc2[C@H]3N)c(CO)nc1Sc1ccnc2c1OCC1CN(CCO)C(=O)N21. The molecule has 42 heavy (non-hydrogen) atoms. The normalized spacial score (nSPS) is 22.3. The lowest BCUT2D eigenvalue weighted by molar-refractivity contribution is 0.186. The van der Waals surface area contributed by atoms with Gasteiger partial charge in [0.05, 0.1) is 29.8 Å². The monoisotopic (exact) mass is 590 g/mol. The molecule has 2 atom stereocenters. The Hall–Kier alpha value is -3.52. The van der Waals surface area contributed by atoms with Gasteiger partial charge >= 0.3 is 6.03 Å². The first-order chi connectivity index (χ1) is 20.4. The number of urea groups is 1. The van der Waals surface area contributed by atoms with Crippen LogP contribution in [0.4, 0.5) is 16.4 Å². The van der Waals surface area contributed by atoms with Gasteiger partial charge in [-0.25, -0.2) is 19.7 Å². The first-order valence-electron chi connectivity index (χ1n) is 14.3. The van der Waals surface area contributed by atoms with E-state index in [1.165, 1.54) is 11.8 Å². The van der Waals surface area contributed by atoms with Crippen molar-refractivity contribution in [3.05, 3.63) is 53.2 Å². The number of nitrogens with two attached hydrogens (primary N) is 1. The lowest BCUT2D eigenvalue weighted by Gasteiger charge is -2.42. The molecule has 0 radical (unpaired) electrons. The third-order valence-corrected chi connectivity index (χ3v) is 10.2. The fraction of sp³-hybridized carbons (Fsp3) is 0.483. The van der Waals surface area contributed by atoms with Crippen molar-refractivity contribution >= 4 is 29.4 Å². The van der Waals surface area contributed by atoms with E-state index in [0.717, 1.165) is 54.2 Å². The topological polar surface area (TPSA) is 154 Å². The van der Waals surface area contributed by atoms with Crippen LogP contribution in [-0.2, 0) is 13.0 Å². The number of carbonyl (C=O) groups excluding carboxylic acids is 1. The molecule has 7 rings (SSSR count). The Balaban J connectivity index is 1.11. The number of ether oxygens (including phenoxy) is 1. The van der Waals surface area contributed by atoms with Crippen LogP contribution in [0.15, 0.2) is 40.5 Å². The Morgan fingerprint density at radius 1 is 1.14 bits per heavy atom. The van der Waals surface area contributed by atoms with Gasteiger partial charge < -0.3 is 30.5 Å². The predicted molar refractivity (Wildman–Crippen MR) is 156 cm³/mol. The molecule has 2 saturated heterocycles. The highest BCUT2D eigenvalue weighted by Gasteiger charge is 2.47. The van der Waals surface area contributed by atoms with Crippen molar-refractivity contribution in [3.63, 3.8) is 0 Å². The molecule has 13 heteroatoms. The summed E-state index contributed by atoms with van der Waals surface area (Å²) in [6.07, 6.45) is 6.23. The van der Waals surface area contributed by atoms with E-state index in [4.69, 9.17) is 20.4 Å². The van der Waals surface area contributed by atoms with Crippen LogP contribution in [0.2, 0.25) is 0 Å². The molecule has 12 nitrogen and oxygen atoms in total. The molecule has 2 amide bonds. The van der Waals surface area contributed by atoms with Crippen molar-refractivity contribution < 1.29 is 19.7 Å². The molecule has 6 heterocycles. The maximum Gasteiger partial charge on any atom is 0.326 e. The van der Waals surface area contributed by atoms with Crippen LogP contribution >= 0.6 is 11.8 Å². The Bertz CT molecular complexity index is 1530. The highest BCUT2D eigenvalue weighted by molar-refractivity contribution is 7.99. The summed E-state index contributed by atoms with van der Waals surface area (Å²) in [7, 11) is 0. The second-order valence-corrected chi connectivity index (χ2v) is 12.5. The number of rotatable bonds is 6. The smallest absolute Gasteiger partial charge is 0.326 e. The van der Waals surface area contributed by atoms with Gasteiger partial charge in [-0.2, -0.15) is 0 Å². The number of anilines is 2. The Morgan fingerprint density at radius 2 is 1.98 bits per heavy atom. The number of carbonyl (C=O) groups is 1. The van der Waals surface area contributed by atoms with Gasteiger partial charge in [-0.1, -0.05) is 17.8 Å². The zero-order valence-electron chi connectivity index (χ0n) is 23.4. The Kier molecular flexibility index (Phi) is 6.92. The summed E-state index contributed by atoms with van der Waals surface area (Å²) in [5, 5.41) is 20.3. The van der Waals surface area contributed by atoms with E-state index in [2.05, 4.69) is 20.9 Å². The molecule has 3 aromatic heterocycles. The van der Waals surface area contributed by atoms with Crippen molar-refractivity contribution in [2.24, 2.45) is 11.1 Å². The van der Waals surface area contributed by atoms with Gasteiger partial charge in [0.1, 0.15) is 17.3 Å². The first-order valence-corrected chi connectivity index (χ1v) is 15.2. The van der Waals surface area contributed by atoms with Crippen molar-refractivity contribution in [1.82, 2.24) is 24.8 Å². The number of hydrogen-bond donors (Lipinski definition) is 3. The first kappa shape index (κ1) is 27.3. The number of hydrogen-bond acceptors (Lipinski definition) is 11. The minimum absolute atomic E-state index is 0.00384. The van der Waals surface area contributed by atoms with Gasteiger partial charge in [0, 0.05) is 50.3 Å². The molecule has 0 saturated carbocycles. The fourth-order valence-electron chi connectivity index (χ4n) is 6.80. The van der Waals surface area contributed by atoms with Crippen LogP contribution in [-0.4, -0.2) is 86.5 Å². The van der Waals surface area contributed by atoms with Crippen molar-refractivity contribution in [1.29, 1.82) is 0 Å². The molecular formula is C29H34N8O4S. The van der Waals surface area contributed by atoms with Crippen LogP contribution in [0.3, 0.4) is 0 Å². The number of pyridine rings is 2. The van der Waals surface area contributed by atoms with Crippen molar-refractivity contribution in [3.8, 4) is 5.75 Å². The number of piperidine rings is 1. The minimum atomic E-state index is -0.234. The molecule has 4 N–H and O–H groups in total. The summed E-state index contributed by atoms with van der Waals surface area (Å²) in [5.74, 6) is 1.70. The van der Waals surface area contributed by atoms with Crippen LogP contribution in [0.25, 0.3) is 0 Å². The van der Waals surface area contributed by atoms with Crippen molar-refractivity contribution in [2.45, 2.75) is 54.8 Å². The molecular weight excluding hydrogens is 556 g/mol. The summed E-state index contributed by atoms with van der Waals surface area (Å²) < 4.78 is 6.12. The number of aryl methyl sites for hydroxylation is 1. The number of aliphatic hydroxyl groups is 2. The second-order valence-electron chi connectivity index (χ2n) is 11.4. The molecule has 4 aliphatic rings. The quantitative estimate of drug-likeness (QED) is 0.386. The van der Waals surface area contributed by atoms with E-state index in [1.807, 2.05) is 25.3 Å². The highest BCUT2D eigenvalue weighted by atomic mass is 32.2. The summed E-state index contributed by atoms with van der Waals surface area (Å²) in [4.78, 5) is 38.1. The van der Waals surface area contributed by atoms with E-state index in [9.17, 15) is 15.0 Å². The van der Waals surface area contributed by atoms with Gasteiger partial charge in [0.2, 0.25) is 0 Å². The van der Waals surface area contributed by atoms with E-state index in [-0.39, 0.29) is 43.3 Å². The molecule has 2 fully saturated rings. The number of amides is 2. The number of β-amino-alcohol motifs (C(OH)–C–C–N with tert-alkyl or cyclic N) is 1. The van der Waals surface area contributed by atoms with Gasteiger partial charge in [0.25, 0.3) is 0 Å². The number of aliphatic hydroxyl groups excluding tert-OH is 2. The molecule has 0 bridgehead atoms. The van der Waals surface area contributed by atoms with Crippen LogP contribution in [0.1, 0.15) is 41.5 Å². The van der Waals surface area contributed by atoms with E-state index >= 15 is 0 Å². The third kappa shape index (κ3) is 4.37. The van der Waals surface area contributed by atoms with Gasteiger partial charge in [-0.3, -0.25) is 9.88 Å². The number of fused-ring (bicyclic) bond motifs is 4. The Labute approximate surface area is 247 Å². The Morgan fingerprint density at radius 3 is 2.74 bits per heavy atom. The van der Waals surface area contributed by atoms with Gasteiger partial charge in [-0.05, 0) is 49.3 Å². The lowest BCUT2D eigenvalue weighted by Crippen LogP contribution is -2.45. The maximum atomic E-state index is 13.0. The zero-order valence-corrected chi connectivity index (χ0v) is 24.3. The van der Waals surface area contributed by atoms with Gasteiger partial charge in [-0.15, -0.1) is 0 Å². The lowest BCUT2D eigenvalue weighted by atomic mass is 9.73. The highest BCUT2D eigenvalue weighted by Crippen LogP contribution is 2.51. The largest absolute Gasteiger partial charge is 0.486 e. The maximum absolute atomic E-state index is 13.0. The summed E-state index contributed by atoms with van der Waals surface area (Å²) >= 11 is 1.39. The molecule has 3 aliphatic heterocycles. The van der Waals surface area contributed by atoms with Crippen LogP contribution < -0.4 is 20.3 Å². The number of nitrogens with zero attached hydrogens (tertiary/aromatic N) is 7. The number of aromatic nitrogens is 4. The van der Waals surface area contributed by atoms with Crippen molar-refractivity contribution in [2.75, 3.05) is 49.2 Å². The zero-order chi connectivity index (χ0) is 29.0. The summed E-state index contributed by atoms with van der Waals surface area (Å²) in [5.41, 5.74) is 10.3. The van der Waals surface area contributed by atoms with Gasteiger partial charge in [0.15, 0.2) is 17.4 Å². The molecule has 3 aromatic rings. The minimum Gasteiger partial charge on any atom is -0.486 e. The van der Waals surface area contributed by atoms with Crippen LogP contribution in [0.5, 0.6) is 5.75 Å². The third-order valence-electron chi connectivity index (χ3n) is 9.07. The molecule has 1 unspecified atom stereocenters. The average molecular weight is 591 g/mol. The molecule has 1 spiro atoms. The summed E-state index contributed by atoms with van der Waals surface area (Å²) in [6, 6.07) is 5.54. The van der Waals surface area contributed by atoms with E-state index in [1.54, 1.807) is 16.0 Å². The second kappa shape index (κ2) is 10.6. The molecule has 1 aliphatic carbocycles. The fourth-order valence-corrected chi connectivity index (χ4v) is 7.73. The average Bonchev–Trinajstić information content (AvgIpc) is 3.47. The summed E-state index contributed by atoms with van der Waals surface area (Å²) in [6.45, 7) is 4.24.